The minimum atomic E-state index is -4.80. The van der Waals surface area contributed by atoms with Gasteiger partial charge in [0.05, 0.1) is 29.9 Å². The quantitative estimate of drug-likeness (QED) is 0.221. The highest BCUT2D eigenvalue weighted by molar-refractivity contribution is 7.15. The summed E-state index contributed by atoms with van der Waals surface area (Å²) in [5.74, 6) is -0.916. The van der Waals surface area contributed by atoms with Gasteiger partial charge in [-0.15, -0.1) is 11.3 Å². The van der Waals surface area contributed by atoms with Gasteiger partial charge in [0.2, 0.25) is 11.8 Å². The topological polar surface area (TPSA) is 102 Å². The molecule has 0 bridgehead atoms. The third kappa shape index (κ3) is 5.29. The average Bonchev–Trinajstić information content (AvgIpc) is 3.60. The number of carbonyl (C=O) groups is 2. The first-order valence-electron chi connectivity index (χ1n) is 13.2. The molecule has 0 saturated carbocycles. The number of aldehydes is 1. The van der Waals surface area contributed by atoms with Crippen LogP contribution in [0.3, 0.4) is 0 Å². The fourth-order valence-electron chi connectivity index (χ4n) is 5.54. The van der Waals surface area contributed by atoms with Crippen LogP contribution < -0.4 is 9.47 Å². The van der Waals surface area contributed by atoms with Crippen LogP contribution in [0, 0.1) is 0 Å². The maximum atomic E-state index is 13.9. The van der Waals surface area contributed by atoms with Crippen molar-refractivity contribution in [3.8, 4) is 33.5 Å². The summed E-state index contributed by atoms with van der Waals surface area (Å²) in [6.45, 7) is 0.631. The normalized spacial score (nSPS) is 16.0. The van der Waals surface area contributed by atoms with E-state index in [1.54, 1.807) is 6.07 Å². The predicted molar refractivity (Wildman–Crippen MR) is 153 cm³/mol. The minimum absolute atomic E-state index is 0.223. The van der Waals surface area contributed by atoms with Crippen LogP contribution in [0.2, 0.25) is 5.02 Å². The van der Waals surface area contributed by atoms with E-state index in [1.807, 2.05) is 30.3 Å². The van der Waals surface area contributed by atoms with Gasteiger partial charge in [0, 0.05) is 29.0 Å². The SMILES string of the molecule is COc1nc(OC2CCc3c(-c4cccc(-c5nc6c(s5)CCN(C(=O)O)C6)c4Cl)cccc32)c(C(F)(F)F)cc1C=O. The van der Waals surface area contributed by atoms with E-state index < -0.39 is 29.8 Å². The van der Waals surface area contributed by atoms with Crippen LogP contribution in [0.1, 0.15) is 50.1 Å². The fraction of sp³-hybridized carbons (Fsp3) is 0.267. The maximum absolute atomic E-state index is 13.9. The molecular formula is C30H23ClF3N3O5S. The minimum Gasteiger partial charge on any atom is -0.480 e. The number of hydrogen-bond donors (Lipinski definition) is 1. The Morgan fingerprint density at radius 1 is 1.12 bits per heavy atom. The number of benzene rings is 2. The number of pyridine rings is 1. The molecule has 0 saturated heterocycles. The molecule has 2 aromatic heterocycles. The molecule has 2 aromatic carbocycles. The van der Waals surface area contributed by atoms with Crippen molar-refractivity contribution in [3.63, 3.8) is 0 Å². The van der Waals surface area contributed by atoms with Crippen molar-refractivity contribution < 1.29 is 37.3 Å². The van der Waals surface area contributed by atoms with Crippen LogP contribution >= 0.6 is 22.9 Å². The van der Waals surface area contributed by atoms with Gasteiger partial charge in [-0.25, -0.2) is 9.78 Å². The van der Waals surface area contributed by atoms with E-state index in [1.165, 1.54) is 23.3 Å². The van der Waals surface area contributed by atoms with Crippen LogP contribution in [0.15, 0.2) is 42.5 Å². The van der Waals surface area contributed by atoms with Crippen molar-refractivity contribution in [3.05, 3.63) is 80.3 Å². The first-order valence-corrected chi connectivity index (χ1v) is 14.4. The number of aromatic nitrogens is 2. The molecule has 1 N–H and O–H groups in total. The van der Waals surface area contributed by atoms with Crippen molar-refractivity contribution in [2.75, 3.05) is 13.7 Å². The highest BCUT2D eigenvalue weighted by atomic mass is 35.5. The third-order valence-corrected chi connectivity index (χ3v) is 9.19. The van der Waals surface area contributed by atoms with E-state index in [0.717, 1.165) is 27.3 Å². The predicted octanol–water partition coefficient (Wildman–Crippen LogP) is 7.47. The lowest BCUT2D eigenvalue weighted by atomic mass is 9.95. The highest BCUT2D eigenvalue weighted by Crippen LogP contribution is 2.46. The van der Waals surface area contributed by atoms with Gasteiger partial charge in [0.1, 0.15) is 16.7 Å². The zero-order chi connectivity index (χ0) is 30.5. The van der Waals surface area contributed by atoms with E-state index in [4.69, 9.17) is 26.1 Å². The molecule has 13 heteroatoms. The molecule has 0 radical (unpaired) electrons. The summed E-state index contributed by atoms with van der Waals surface area (Å²) < 4.78 is 52.5. The fourth-order valence-corrected chi connectivity index (χ4v) is 7.01. The molecule has 6 rings (SSSR count). The Labute approximate surface area is 252 Å². The Balaban J connectivity index is 1.34. The number of hydrogen-bond acceptors (Lipinski definition) is 7. The number of ether oxygens (including phenoxy) is 2. The zero-order valence-electron chi connectivity index (χ0n) is 22.6. The number of nitrogens with zero attached hydrogens (tertiary/aromatic N) is 3. The Hall–Kier alpha value is -4.16. The lowest BCUT2D eigenvalue weighted by Crippen LogP contribution is -2.34. The average molecular weight is 630 g/mol. The summed E-state index contributed by atoms with van der Waals surface area (Å²) in [7, 11) is 1.22. The van der Waals surface area contributed by atoms with E-state index in [9.17, 15) is 27.9 Å². The molecule has 1 aliphatic carbocycles. The first-order chi connectivity index (χ1) is 20.6. The molecule has 43 heavy (non-hydrogen) atoms. The molecule has 0 fully saturated rings. The van der Waals surface area contributed by atoms with E-state index in [-0.39, 0.29) is 24.3 Å². The number of amides is 1. The summed E-state index contributed by atoms with van der Waals surface area (Å²) in [4.78, 5) is 33.7. The van der Waals surface area contributed by atoms with Crippen LogP contribution in [0.5, 0.6) is 11.8 Å². The van der Waals surface area contributed by atoms with Crippen molar-refractivity contribution in [1.29, 1.82) is 0 Å². The second-order valence-corrected chi connectivity index (χ2v) is 11.5. The van der Waals surface area contributed by atoms with Gasteiger partial charge in [-0.2, -0.15) is 18.2 Å². The molecule has 1 aliphatic heterocycles. The summed E-state index contributed by atoms with van der Waals surface area (Å²) in [6, 6.07) is 11.8. The summed E-state index contributed by atoms with van der Waals surface area (Å²) in [6.07, 6.45) is -4.74. The lowest BCUT2D eigenvalue weighted by Gasteiger charge is -2.22. The molecule has 8 nitrogen and oxygen atoms in total. The molecule has 4 aromatic rings. The lowest BCUT2D eigenvalue weighted by molar-refractivity contribution is -0.139. The second-order valence-electron chi connectivity index (χ2n) is 10.1. The van der Waals surface area contributed by atoms with Crippen LogP contribution in [0.4, 0.5) is 18.0 Å². The number of fused-ring (bicyclic) bond motifs is 2. The molecule has 1 unspecified atom stereocenters. The Kier molecular flexibility index (Phi) is 7.51. The number of carboxylic acid groups (broad SMARTS) is 1. The molecule has 3 heterocycles. The highest BCUT2D eigenvalue weighted by Gasteiger charge is 2.38. The largest absolute Gasteiger partial charge is 0.480 e. The van der Waals surface area contributed by atoms with E-state index in [2.05, 4.69) is 4.98 Å². The van der Waals surface area contributed by atoms with Gasteiger partial charge < -0.3 is 19.5 Å². The Morgan fingerprint density at radius 3 is 2.58 bits per heavy atom. The first kappa shape index (κ1) is 28.9. The molecule has 1 atom stereocenters. The molecular weight excluding hydrogens is 607 g/mol. The van der Waals surface area contributed by atoms with Crippen LogP contribution in [0.25, 0.3) is 21.7 Å². The molecule has 2 aliphatic rings. The number of carbonyl (C=O) groups excluding carboxylic acids is 1. The Bertz CT molecular complexity index is 1760. The number of alkyl halides is 3. The van der Waals surface area contributed by atoms with Crippen LogP contribution in [-0.2, 0) is 25.6 Å². The van der Waals surface area contributed by atoms with E-state index in [0.29, 0.717) is 53.0 Å². The van der Waals surface area contributed by atoms with Crippen molar-refractivity contribution in [2.24, 2.45) is 0 Å². The second kappa shape index (κ2) is 11.2. The molecule has 222 valence electrons. The van der Waals surface area contributed by atoms with Gasteiger partial charge in [-0.1, -0.05) is 48.0 Å². The zero-order valence-corrected chi connectivity index (χ0v) is 24.1. The third-order valence-electron chi connectivity index (χ3n) is 7.59. The summed E-state index contributed by atoms with van der Waals surface area (Å²) in [5, 5.41) is 10.5. The number of methoxy groups -OCH3 is 1. The Morgan fingerprint density at radius 2 is 1.86 bits per heavy atom. The van der Waals surface area contributed by atoms with Gasteiger partial charge in [0.15, 0.2) is 6.29 Å². The van der Waals surface area contributed by atoms with Crippen molar-refractivity contribution in [2.45, 2.75) is 38.1 Å². The number of halogens is 4. The van der Waals surface area contributed by atoms with Gasteiger partial charge in [0.25, 0.3) is 0 Å². The van der Waals surface area contributed by atoms with Gasteiger partial charge >= 0.3 is 12.3 Å². The molecule has 0 spiro atoms. The smallest absolute Gasteiger partial charge is 0.421 e. The van der Waals surface area contributed by atoms with Crippen molar-refractivity contribution in [1.82, 2.24) is 14.9 Å². The monoisotopic (exact) mass is 629 g/mol. The van der Waals surface area contributed by atoms with Gasteiger partial charge in [-0.3, -0.25) is 4.79 Å². The van der Waals surface area contributed by atoms with E-state index >= 15 is 0 Å². The van der Waals surface area contributed by atoms with Crippen molar-refractivity contribution >= 4 is 35.3 Å². The number of rotatable bonds is 6. The molecule has 1 amide bonds. The maximum Gasteiger partial charge on any atom is 0.421 e. The number of thiazole rings is 1. The standard InChI is InChI=1S/C30H23ClF3N3O5S/c1-41-26-15(14-38)12-21(30(32,33)34)27(36-26)42-23-9-8-17-16(4-2-5-18(17)23)19-6-3-7-20(25(19)31)28-35-22-13-37(29(39)40)11-10-24(22)43-28/h2-7,12,14,23H,8-11,13H2,1H3,(H,39,40). The van der Waals surface area contributed by atoms with Crippen LogP contribution in [-0.4, -0.2) is 46.0 Å². The summed E-state index contributed by atoms with van der Waals surface area (Å²) in [5.41, 5.74) is 3.12. The summed E-state index contributed by atoms with van der Waals surface area (Å²) >= 11 is 8.46. The van der Waals surface area contributed by atoms with Gasteiger partial charge in [-0.05, 0) is 35.6 Å².